The summed E-state index contributed by atoms with van der Waals surface area (Å²) < 4.78 is 2.02. The smallest absolute Gasteiger partial charge is 0.122 e. The van der Waals surface area contributed by atoms with Crippen LogP contribution in [0.2, 0.25) is 0 Å². The summed E-state index contributed by atoms with van der Waals surface area (Å²) in [4.78, 5) is 0. The second-order valence-corrected chi connectivity index (χ2v) is 4.95. The van der Waals surface area contributed by atoms with Crippen molar-refractivity contribution in [3.05, 3.63) is 44.8 Å². The molecule has 2 aromatic rings. The molecule has 0 aliphatic rings. The molecule has 0 unspecified atom stereocenters. The lowest BCUT2D eigenvalue weighted by Crippen LogP contribution is -2.10. The number of nitrogens with one attached hydrogen (secondary N) is 1. The first-order valence-electron chi connectivity index (χ1n) is 4.31. The van der Waals surface area contributed by atoms with Crippen LogP contribution in [0.3, 0.4) is 0 Å². The van der Waals surface area contributed by atoms with Crippen molar-refractivity contribution in [2.75, 3.05) is 0 Å². The lowest BCUT2D eigenvalue weighted by molar-refractivity contribution is 1.43. The number of amidine groups is 1. The minimum absolute atomic E-state index is 0.0935. The van der Waals surface area contributed by atoms with Crippen LogP contribution in [0.25, 0.3) is 10.8 Å². The van der Waals surface area contributed by atoms with Gasteiger partial charge in [0.15, 0.2) is 0 Å². The summed E-state index contributed by atoms with van der Waals surface area (Å²) in [6, 6.07) is 9.76. The molecule has 0 saturated carbocycles. The highest BCUT2D eigenvalue weighted by molar-refractivity contribution is 9.13. The molecule has 2 aromatic carbocycles. The number of hydrogen-bond donors (Lipinski definition) is 2. The highest BCUT2D eigenvalue weighted by Crippen LogP contribution is 2.28. The SMILES string of the molecule is N=C(N)c1ccc2cc(Br)c(Br)cc2c1. The maximum atomic E-state index is 7.36. The molecule has 0 fully saturated rings. The lowest BCUT2D eigenvalue weighted by Gasteiger charge is -2.04. The number of rotatable bonds is 1. The zero-order valence-corrected chi connectivity index (χ0v) is 10.9. The summed E-state index contributed by atoms with van der Waals surface area (Å²) in [5.41, 5.74) is 6.18. The van der Waals surface area contributed by atoms with Gasteiger partial charge in [0, 0.05) is 14.5 Å². The van der Waals surface area contributed by atoms with Gasteiger partial charge < -0.3 is 5.73 Å². The number of benzene rings is 2. The largest absolute Gasteiger partial charge is 0.384 e. The molecule has 0 spiro atoms. The van der Waals surface area contributed by atoms with Gasteiger partial charge in [-0.25, -0.2) is 0 Å². The quantitative estimate of drug-likeness (QED) is 0.609. The first-order valence-corrected chi connectivity index (χ1v) is 5.90. The van der Waals surface area contributed by atoms with Crippen molar-refractivity contribution in [2.45, 2.75) is 0 Å². The average molecular weight is 328 g/mol. The summed E-state index contributed by atoms with van der Waals surface area (Å²) in [5.74, 6) is 0.0935. The Bertz CT molecular complexity index is 550. The highest BCUT2D eigenvalue weighted by atomic mass is 79.9. The lowest BCUT2D eigenvalue weighted by atomic mass is 10.1. The molecule has 0 aliphatic heterocycles. The van der Waals surface area contributed by atoms with Gasteiger partial charge in [-0.1, -0.05) is 12.1 Å². The maximum absolute atomic E-state index is 7.36. The number of fused-ring (bicyclic) bond motifs is 1. The zero-order chi connectivity index (χ0) is 11.0. The minimum atomic E-state index is 0.0935. The number of halogens is 2. The van der Waals surface area contributed by atoms with Gasteiger partial charge in [-0.3, -0.25) is 5.41 Å². The molecule has 0 saturated heterocycles. The average Bonchev–Trinajstić information content (AvgIpc) is 2.19. The number of hydrogen-bond acceptors (Lipinski definition) is 1. The predicted molar refractivity (Wildman–Crippen MR) is 70.4 cm³/mol. The van der Waals surface area contributed by atoms with Crippen molar-refractivity contribution >= 4 is 48.5 Å². The van der Waals surface area contributed by atoms with Gasteiger partial charge >= 0.3 is 0 Å². The molecule has 3 N–H and O–H groups in total. The monoisotopic (exact) mass is 326 g/mol. The normalized spacial score (nSPS) is 10.5. The van der Waals surface area contributed by atoms with E-state index in [1.807, 2.05) is 30.3 Å². The summed E-state index contributed by atoms with van der Waals surface area (Å²) in [5, 5.41) is 9.55. The van der Waals surface area contributed by atoms with Crippen LogP contribution in [0, 0.1) is 5.41 Å². The van der Waals surface area contributed by atoms with Gasteiger partial charge in [0.1, 0.15) is 5.84 Å². The first kappa shape index (κ1) is 10.6. The van der Waals surface area contributed by atoms with E-state index in [-0.39, 0.29) is 5.84 Å². The van der Waals surface area contributed by atoms with Crippen LogP contribution in [-0.4, -0.2) is 5.84 Å². The molecular formula is C11H8Br2N2. The van der Waals surface area contributed by atoms with Gasteiger partial charge in [0.05, 0.1) is 0 Å². The van der Waals surface area contributed by atoms with E-state index < -0.39 is 0 Å². The zero-order valence-electron chi connectivity index (χ0n) is 7.72. The van der Waals surface area contributed by atoms with E-state index in [4.69, 9.17) is 11.1 Å². The third-order valence-corrected chi connectivity index (χ3v) is 4.03. The van der Waals surface area contributed by atoms with Crippen LogP contribution in [0.4, 0.5) is 0 Å². The summed E-state index contributed by atoms with van der Waals surface area (Å²) in [7, 11) is 0. The summed E-state index contributed by atoms with van der Waals surface area (Å²) >= 11 is 6.90. The Morgan fingerprint density at radius 3 is 2.20 bits per heavy atom. The van der Waals surface area contributed by atoms with E-state index in [9.17, 15) is 0 Å². The Morgan fingerprint density at radius 2 is 1.60 bits per heavy atom. The molecule has 0 heterocycles. The van der Waals surface area contributed by atoms with Crippen LogP contribution >= 0.6 is 31.9 Å². The maximum Gasteiger partial charge on any atom is 0.122 e. The fourth-order valence-electron chi connectivity index (χ4n) is 1.41. The van der Waals surface area contributed by atoms with E-state index in [2.05, 4.69) is 31.9 Å². The van der Waals surface area contributed by atoms with Gasteiger partial charge in [-0.05, 0) is 60.8 Å². The van der Waals surface area contributed by atoms with Crippen molar-refractivity contribution in [1.29, 1.82) is 5.41 Å². The molecule has 0 aromatic heterocycles. The second kappa shape index (κ2) is 3.94. The van der Waals surface area contributed by atoms with E-state index >= 15 is 0 Å². The van der Waals surface area contributed by atoms with Gasteiger partial charge in [0.25, 0.3) is 0 Å². The molecule has 15 heavy (non-hydrogen) atoms. The fourth-order valence-corrected chi connectivity index (χ4v) is 2.13. The van der Waals surface area contributed by atoms with Crippen LogP contribution in [0.1, 0.15) is 5.56 Å². The fraction of sp³-hybridized carbons (Fsp3) is 0. The van der Waals surface area contributed by atoms with Crippen molar-refractivity contribution in [1.82, 2.24) is 0 Å². The molecule has 0 amide bonds. The topological polar surface area (TPSA) is 49.9 Å². The van der Waals surface area contributed by atoms with E-state index in [1.54, 1.807) is 0 Å². The van der Waals surface area contributed by atoms with Crippen LogP contribution in [-0.2, 0) is 0 Å². The molecule has 0 bridgehead atoms. The van der Waals surface area contributed by atoms with Crippen LogP contribution in [0.15, 0.2) is 39.3 Å². The molecule has 2 rings (SSSR count). The molecule has 0 atom stereocenters. The van der Waals surface area contributed by atoms with Gasteiger partial charge in [-0.2, -0.15) is 0 Å². The first-order chi connectivity index (χ1) is 7.08. The van der Waals surface area contributed by atoms with Crippen molar-refractivity contribution in [2.24, 2.45) is 5.73 Å². The van der Waals surface area contributed by atoms with Crippen LogP contribution in [0.5, 0.6) is 0 Å². The molecular weight excluding hydrogens is 320 g/mol. The van der Waals surface area contributed by atoms with Crippen molar-refractivity contribution in [3.8, 4) is 0 Å². The third-order valence-electron chi connectivity index (χ3n) is 2.19. The highest BCUT2D eigenvalue weighted by Gasteiger charge is 2.02. The van der Waals surface area contributed by atoms with Gasteiger partial charge in [-0.15, -0.1) is 0 Å². The number of nitrogens with two attached hydrogens (primary N) is 1. The summed E-state index contributed by atoms with van der Waals surface area (Å²) in [6.07, 6.45) is 0. The summed E-state index contributed by atoms with van der Waals surface area (Å²) in [6.45, 7) is 0. The Kier molecular flexibility index (Phi) is 2.80. The Balaban J connectivity index is 2.72. The van der Waals surface area contributed by atoms with E-state index in [0.717, 1.165) is 25.3 Å². The Hall–Kier alpha value is -0.870. The molecule has 4 heteroatoms. The van der Waals surface area contributed by atoms with Crippen molar-refractivity contribution < 1.29 is 0 Å². The molecule has 2 nitrogen and oxygen atoms in total. The predicted octanol–water partition coefficient (Wildman–Crippen LogP) is 3.65. The Morgan fingerprint density at radius 1 is 1.00 bits per heavy atom. The molecule has 76 valence electrons. The van der Waals surface area contributed by atoms with Gasteiger partial charge in [0.2, 0.25) is 0 Å². The third kappa shape index (κ3) is 2.06. The standard InChI is InChI=1S/C11H8Br2N2/c12-9-4-6-1-2-7(11(14)15)3-8(6)5-10(9)13/h1-5H,(H3,14,15). The van der Waals surface area contributed by atoms with E-state index in [0.29, 0.717) is 0 Å². The minimum Gasteiger partial charge on any atom is -0.384 e. The molecule has 0 aliphatic carbocycles. The Labute approximate surface area is 104 Å². The van der Waals surface area contributed by atoms with Crippen LogP contribution < -0.4 is 5.73 Å². The second-order valence-electron chi connectivity index (χ2n) is 3.24. The van der Waals surface area contributed by atoms with E-state index in [1.165, 1.54) is 0 Å². The molecule has 0 radical (unpaired) electrons. The van der Waals surface area contributed by atoms with Crippen molar-refractivity contribution in [3.63, 3.8) is 0 Å². The number of nitrogen functional groups attached to an aromatic ring is 1.